The van der Waals surface area contributed by atoms with Gasteiger partial charge < -0.3 is 21.5 Å². The van der Waals surface area contributed by atoms with Crippen molar-refractivity contribution in [2.45, 2.75) is 71.6 Å². The standard InChI is InChI=1S/C25H41N5O2/c1-3-27-24(29-18-25(2)12-5-4-11-22(25)31)28-15-19-8-6-9-20(14-19)16-30-13-7-10-21(17-30)23(26)32/h6,8-9,14,21-22,31H,3-5,7,10-13,15-18H2,1-2H3,(H2,26,32)(H2,27,28,29). The summed E-state index contributed by atoms with van der Waals surface area (Å²) < 4.78 is 0. The van der Waals surface area contributed by atoms with E-state index in [9.17, 15) is 9.90 Å². The number of guanidine groups is 1. The van der Waals surface area contributed by atoms with Crippen molar-refractivity contribution >= 4 is 11.9 Å². The second-order valence-corrected chi connectivity index (χ2v) is 9.76. The molecular weight excluding hydrogens is 402 g/mol. The highest BCUT2D eigenvalue weighted by Crippen LogP contribution is 2.35. The van der Waals surface area contributed by atoms with E-state index in [1.165, 1.54) is 12.0 Å². The van der Waals surface area contributed by atoms with Crippen LogP contribution < -0.4 is 16.4 Å². The van der Waals surface area contributed by atoms with Crippen molar-refractivity contribution in [3.05, 3.63) is 35.4 Å². The van der Waals surface area contributed by atoms with Gasteiger partial charge in [0.25, 0.3) is 0 Å². The molecule has 0 spiro atoms. The summed E-state index contributed by atoms with van der Waals surface area (Å²) >= 11 is 0. The van der Waals surface area contributed by atoms with Gasteiger partial charge >= 0.3 is 0 Å². The third kappa shape index (κ3) is 6.94. The largest absolute Gasteiger partial charge is 0.392 e. The van der Waals surface area contributed by atoms with Crippen LogP contribution in [0, 0.1) is 11.3 Å². The first-order valence-corrected chi connectivity index (χ1v) is 12.2. The van der Waals surface area contributed by atoms with Gasteiger partial charge in [-0.15, -0.1) is 0 Å². The quantitative estimate of drug-likeness (QED) is 0.365. The molecule has 3 atom stereocenters. The zero-order valence-electron chi connectivity index (χ0n) is 19.8. The third-order valence-corrected chi connectivity index (χ3v) is 7.01. The molecule has 1 aromatic rings. The Morgan fingerprint density at radius 3 is 2.81 bits per heavy atom. The Hall–Kier alpha value is -2.12. The molecule has 1 aliphatic carbocycles. The summed E-state index contributed by atoms with van der Waals surface area (Å²) in [5.74, 6) is 0.572. The van der Waals surface area contributed by atoms with Crippen LogP contribution in [0.2, 0.25) is 0 Å². The number of amides is 1. The van der Waals surface area contributed by atoms with E-state index in [0.29, 0.717) is 6.54 Å². The number of nitrogens with zero attached hydrogens (tertiary/aromatic N) is 2. The van der Waals surface area contributed by atoms with Crippen molar-refractivity contribution in [1.82, 2.24) is 15.5 Å². The molecule has 1 heterocycles. The molecule has 2 aliphatic rings. The summed E-state index contributed by atoms with van der Waals surface area (Å²) in [7, 11) is 0. The fraction of sp³-hybridized carbons (Fsp3) is 0.680. The monoisotopic (exact) mass is 443 g/mol. The lowest BCUT2D eigenvalue weighted by atomic mass is 9.73. The highest BCUT2D eigenvalue weighted by atomic mass is 16.3. The summed E-state index contributed by atoms with van der Waals surface area (Å²) in [4.78, 5) is 18.7. The molecule has 1 saturated heterocycles. The Morgan fingerprint density at radius 1 is 1.25 bits per heavy atom. The van der Waals surface area contributed by atoms with Crippen LogP contribution in [0.4, 0.5) is 0 Å². The Bertz CT molecular complexity index is 783. The van der Waals surface area contributed by atoms with Gasteiger partial charge in [-0.25, -0.2) is 4.99 Å². The second kappa shape index (κ2) is 11.7. The molecule has 32 heavy (non-hydrogen) atoms. The number of rotatable bonds is 8. The maximum atomic E-state index is 11.6. The molecule has 1 aromatic carbocycles. The summed E-state index contributed by atoms with van der Waals surface area (Å²) in [6.45, 7) is 8.91. The average Bonchev–Trinajstić information content (AvgIpc) is 2.78. The van der Waals surface area contributed by atoms with Gasteiger partial charge in [0.15, 0.2) is 5.96 Å². The van der Waals surface area contributed by atoms with E-state index in [1.54, 1.807) is 0 Å². The normalized spacial score (nSPS) is 27.2. The van der Waals surface area contributed by atoms with E-state index in [2.05, 4.69) is 53.6 Å². The van der Waals surface area contributed by atoms with Crippen molar-refractivity contribution in [1.29, 1.82) is 0 Å². The molecule has 3 rings (SSSR count). The van der Waals surface area contributed by atoms with Gasteiger partial charge in [0.1, 0.15) is 0 Å². The van der Waals surface area contributed by atoms with Gasteiger partial charge in [-0.2, -0.15) is 0 Å². The number of hydrogen-bond acceptors (Lipinski definition) is 4. The zero-order valence-corrected chi connectivity index (χ0v) is 19.8. The first-order chi connectivity index (χ1) is 15.4. The number of carbonyl (C=O) groups excluding carboxylic acids is 1. The Kier molecular flexibility index (Phi) is 8.93. The van der Waals surface area contributed by atoms with Crippen molar-refractivity contribution in [3.63, 3.8) is 0 Å². The smallest absolute Gasteiger partial charge is 0.221 e. The van der Waals surface area contributed by atoms with Crippen molar-refractivity contribution < 1.29 is 9.90 Å². The number of hydrogen-bond donors (Lipinski definition) is 4. The van der Waals surface area contributed by atoms with Gasteiger partial charge in [0.2, 0.25) is 5.91 Å². The summed E-state index contributed by atoms with van der Waals surface area (Å²) in [6, 6.07) is 8.52. The second-order valence-electron chi connectivity index (χ2n) is 9.76. The molecule has 5 N–H and O–H groups in total. The van der Waals surface area contributed by atoms with Crippen molar-refractivity contribution in [2.24, 2.45) is 22.1 Å². The fourth-order valence-corrected chi connectivity index (χ4v) is 4.90. The van der Waals surface area contributed by atoms with Crippen LogP contribution in [0.5, 0.6) is 0 Å². The number of nitrogens with two attached hydrogens (primary N) is 1. The lowest BCUT2D eigenvalue weighted by Gasteiger charge is -2.38. The Morgan fingerprint density at radius 2 is 2.06 bits per heavy atom. The molecular formula is C25H41N5O2. The number of piperidine rings is 1. The van der Waals surface area contributed by atoms with E-state index in [1.807, 2.05) is 0 Å². The van der Waals surface area contributed by atoms with Gasteiger partial charge in [-0.3, -0.25) is 9.69 Å². The maximum absolute atomic E-state index is 11.6. The van der Waals surface area contributed by atoms with Crippen LogP contribution in [0.1, 0.15) is 63.5 Å². The molecule has 1 saturated carbocycles. The van der Waals surface area contributed by atoms with Gasteiger partial charge in [0, 0.05) is 31.6 Å². The molecule has 0 aromatic heterocycles. The summed E-state index contributed by atoms with van der Waals surface area (Å²) in [5, 5.41) is 17.2. The van der Waals surface area contributed by atoms with Crippen LogP contribution in [0.15, 0.2) is 29.3 Å². The van der Waals surface area contributed by atoms with Crippen LogP contribution in [-0.2, 0) is 17.9 Å². The summed E-state index contributed by atoms with van der Waals surface area (Å²) in [6.07, 6.45) is 5.87. The minimum atomic E-state index is -0.257. The first kappa shape index (κ1) is 24.5. The number of aliphatic hydroxyl groups excluding tert-OH is 1. The predicted octanol–water partition coefficient (Wildman–Crippen LogP) is 2.38. The van der Waals surface area contributed by atoms with Gasteiger partial charge in [0.05, 0.1) is 18.6 Å². The topological polar surface area (TPSA) is 103 Å². The van der Waals surface area contributed by atoms with E-state index in [-0.39, 0.29) is 23.3 Å². The maximum Gasteiger partial charge on any atom is 0.221 e. The van der Waals surface area contributed by atoms with E-state index >= 15 is 0 Å². The minimum Gasteiger partial charge on any atom is -0.392 e. The van der Waals surface area contributed by atoms with Crippen LogP contribution in [-0.4, -0.2) is 54.2 Å². The molecule has 7 nitrogen and oxygen atoms in total. The van der Waals surface area contributed by atoms with Crippen LogP contribution in [0.3, 0.4) is 0 Å². The number of carbonyl (C=O) groups is 1. The van der Waals surface area contributed by atoms with Crippen molar-refractivity contribution in [3.8, 4) is 0 Å². The number of primary amides is 1. The molecule has 0 bridgehead atoms. The van der Waals surface area contributed by atoms with Crippen molar-refractivity contribution in [2.75, 3.05) is 26.2 Å². The van der Waals surface area contributed by atoms with Crippen LogP contribution >= 0.6 is 0 Å². The molecule has 0 radical (unpaired) electrons. The van der Waals surface area contributed by atoms with E-state index < -0.39 is 0 Å². The number of aliphatic hydroxyl groups is 1. The van der Waals surface area contributed by atoms with E-state index in [0.717, 1.165) is 76.4 Å². The van der Waals surface area contributed by atoms with Gasteiger partial charge in [-0.05, 0) is 50.3 Å². The Balaban J connectivity index is 1.58. The lowest BCUT2D eigenvalue weighted by molar-refractivity contribution is -0.123. The highest BCUT2D eigenvalue weighted by Gasteiger charge is 2.35. The van der Waals surface area contributed by atoms with Crippen LogP contribution in [0.25, 0.3) is 0 Å². The molecule has 1 amide bonds. The fourth-order valence-electron chi connectivity index (χ4n) is 4.90. The molecule has 178 valence electrons. The molecule has 2 fully saturated rings. The number of benzene rings is 1. The van der Waals surface area contributed by atoms with Gasteiger partial charge in [-0.1, -0.05) is 44.0 Å². The minimum absolute atomic E-state index is 0.0326. The zero-order chi connectivity index (χ0) is 23.0. The molecule has 1 aliphatic heterocycles. The first-order valence-electron chi connectivity index (χ1n) is 12.2. The number of aliphatic imine (C=N–C) groups is 1. The third-order valence-electron chi connectivity index (χ3n) is 7.01. The lowest BCUT2D eigenvalue weighted by Crippen LogP contribution is -2.48. The SMILES string of the molecule is CCNC(=NCc1cccc(CN2CCCC(C(N)=O)C2)c1)NCC1(C)CCCCC1O. The highest BCUT2D eigenvalue weighted by molar-refractivity contribution is 5.79. The number of likely N-dealkylation sites (tertiary alicyclic amines) is 1. The van der Waals surface area contributed by atoms with E-state index in [4.69, 9.17) is 10.7 Å². The predicted molar refractivity (Wildman–Crippen MR) is 129 cm³/mol. The Labute approximate surface area is 192 Å². The molecule has 3 unspecified atom stereocenters. The summed E-state index contributed by atoms with van der Waals surface area (Å²) in [5.41, 5.74) is 7.81. The molecule has 7 heteroatoms. The average molecular weight is 444 g/mol. The number of nitrogens with one attached hydrogen (secondary N) is 2.